The smallest absolute Gasteiger partial charge is 0.0138 e. The van der Waals surface area contributed by atoms with Gasteiger partial charge in [-0.25, -0.2) is 0 Å². The molecule has 1 saturated carbocycles. The molecule has 3 fully saturated rings. The second kappa shape index (κ2) is 6.76. The molecule has 0 aromatic carbocycles. The van der Waals surface area contributed by atoms with E-state index in [9.17, 15) is 0 Å². The summed E-state index contributed by atoms with van der Waals surface area (Å²) in [4.78, 5) is 5.60. The van der Waals surface area contributed by atoms with E-state index in [1.54, 1.807) is 0 Å². The zero-order chi connectivity index (χ0) is 13.9. The average molecular weight is 279 g/mol. The SMILES string of the molecule is CCN(C1CCN2CCCC2C1)C1CCCCC1CN. The van der Waals surface area contributed by atoms with E-state index in [2.05, 4.69) is 16.7 Å². The van der Waals surface area contributed by atoms with Gasteiger partial charge in [0.05, 0.1) is 0 Å². The minimum Gasteiger partial charge on any atom is -0.330 e. The van der Waals surface area contributed by atoms with Gasteiger partial charge in [-0.2, -0.15) is 0 Å². The minimum atomic E-state index is 0.755. The fourth-order valence-corrected chi connectivity index (χ4v) is 5.17. The summed E-state index contributed by atoms with van der Waals surface area (Å²) in [6.07, 6.45) is 11.2. The van der Waals surface area contributed by atoms with Gasteiger partial charge >= 0.3 is 0 Å². The topological polar surface area (TPSA) is 32.5 Å². The largest absolute Gasteiger partial charge is 0.330 e. The first kappa shape index (κ1) is 14.8. The fourth-order valence-electron chi connectivity index (χ4n) is 5.17. The lowest BCUT2D eigenvalue weighted by atomic mass is 9.82. The molecular formula is C17H33N3. The highest BCUT2D eigenvalue weighted by Gasteiger charge is 2.38. The van der Waals surface area contributed by atoms with Crippen LogP contribution in [0.25, 0.3) is 0 Å². The molecule has 116 valence electrons. The van der Waals surface area contributed by atoms with Crippen molar-refractivity contribution in [2.24, 2.45) is 11.7 Å². The predicted octanol–water partition coefficient (Wildman–Crippen LogP) is 2.45. The highest BCUT2D eigenvalue weighted by Crippen LogP contribution is 2.34. The number of nitrogens with two attached hydrogens (primary N) is 1. The van der Waals surface area contributed by atoms with E-state index in [0.717, 1.165) is 30.6 Å². The van der Waals surface area contributed by atoms with Crippen LogP contribution in [0.2, 0.25) is 0 Å². The molecule has 1 aliphatic carbocycles. The van der Waals surface area contributed by atoms with Crippen molar-refractivity contribution in [2.75, 3.05) is 26.2 Å². The number of rotatable bonds is 4. The van der Waals surface area contributed by atoms with E-state index in [1.807, 2.05) is 0 Å². The molecule has 20 heavy (non-hydrogen) atoms. The monoisotopic (exact) mass is 279 g/mol. The second-order valence-electron chi connectivity index (χ2n) is 7.19. The summed E-state index contributed by atoms with van der Waals surface area (Å²) >= 11 is 0. The van der Waals surface area contributed by atoms with E-state index in [1.165, 1.54) is 71.0 Å². The fraction of sp³-hybridized carbons (Fsp3) is 1.00. The molecule has 0 radical (unpaired) electrons. The zero-order valence-electron chi connectivity index (χ0n) is 13.3. The molecule has 3 aliphatic rings. The van der Waals surface area contributed by atoms with Crippen molar-refractivity contribution in [3.8, 4) is 0 Å². The first-order valence-corrected chi connectivity index (χ1v) is 9.03. The molecule has 3 nitrogen and oxygen atoms in total. The number of hydrogen-bond acceptors (Lipinski definition) is 3. The van der Waals surface area contributed by atoms with Crippen molar-refractivity contribution in [2.45, 2.75) is 76.4 Å². The molecule has 4 atom stereocenters. The summed E-state index contributed by atoms with van der Waals surface area (Å²) in [5, 5.41) is 0. The highest BCUT2D eigenvalue weighted by molar-refractivity contribution is 4.94. The first-order chi connectivity index (χ1) is 9.83. The maximum atomic E-state index is 6.07. The first-order valence-electron chi connectivity index (χ1n) is 9.03. The molecule has 2 aliphatic heterocycles. The Morgan fingerprint density at radius 2 is 1.90 bits per heavy atom. The average Bonchev–Trinajstić information content (AvgIpc) is 2.96. The lowest BCUT2D eigenvalue weighted by Gasteiger charge is -2.47. The number of nitrogens with zero attached hydrogens (tertiary/aromatic N) is 2. The minimum absolute atomic E-state index is 0.755. The maximum absolute atomic E-state index is 6.07. The van der Waals surface area contributed by atoms with Gasteiger partial charge in [0.1, 0.15) is 0 Å². The highest BCUT2D eigenvalue weighted by atomic mass is 15.2. The van der Waals surface area contributed by atoms with Gasteiger partial charge in [0.25, 0.3) is 0 Å². The van der Waals surface area contributed by atoms with Gasteiger partial charge in [0.15, 0.2) is 0 Å². The van der Waals surface area contributed by atoms with Gasteiger partial charge in [-0.3, -0.25) is 4.90 Å². The van der Waals surface area contributed by atoms with Gasteiger partial charge in [0, 0.05) is 18.1 Å². The predicted molar refractivity (Wildman–Crippen MR) is 84.8 cm³/mol. The Balaban J connectivity index is 1.65. The Bertz CT molecular complexity index is 307. The van der Waals surface area contributed by atoms with Crippen LogP contribution in [0.4, 0.5) is 0 Å². The van der Waals surface area contributed by atoms with Gasteiger partial charge < -0.3 is 10.6 Å². The normalized spacial score (nSPS) is 39.1. The third-order valence-corrected chi connectivity index (χ3v) is 6.22. The molecule has 3 heteroatoms. The number of hydrogen-bond donors (Lipinski definition) is 1. The molecule has 0 aromatic heterocycles. The summed E-state index contributed by atoms with van der Waals surface area (Å²) in [5.74, 6) is 0.755. The van der Waals surface area contributed by atoms with Crippen molar-refractivity contribution in [1.29, 1.82) is 0 Å². The third-order valence-electron chi connectivity index (χ3n) is 6.22. The summed E-state index contributed by atoms with van der Waals surface area (Å²) in [6.45, 7) is 7.18. The summed E-state index contributed by atoms with van der Waals surface area (Å²) < 4.78 is 0. The summed E-state index contributed by atoms with van der Waals surface area (Å²) in [5.41, 5.74) is 6.07. The Labute approximate surface area is 124 Å². The lowest BCUT2D eigenvalue weighted by molar-refractivity contribution is 0.0259. The molecule has 2 saturated heterocycles. The molecule has 0 bridgehead atoms. The van der Waals surface area contributed by atoms with Crippen molar-refractivity contribution in [1.82, 2.24) is 9.80 Å². The van der Waals surface area contributed by atoms with Crippen LogP contribution < -0.4 is 5.73 Å². The van der Waals surface area contributed by atoms with Crippen LogP contribution in [-0.2, 0) is 0 Å². The van der Waals surface area contributed by atoms with Gasteiger partial charge in [-0.05, 0) is 70.6 Å². The van der Waals surface area contributed by atoms with E-state index < -0.39 is 0 Å². The van der Waals surface area contributed by atoms with Crippen molar-refractivity contribution < 1.29 is 0 Å². The molecule has 3 rings (SSSR count). The van der Waals surface area contributed by atoms with Gasteiger partial charge in [-0.1, -0.05) is 19.8 Å². The quantitative estimate of drug-likeness (QED) is 0.858. The molecular weight excluding hydrogens is 246 g/mol. The molecule has 2 N–H and O–H groups in total. The zero-order valence-corrected chi connectivity index (χ0v) is 13.3. The van der Waals surface area contributed by atoms with E-state index in [0.29, 0.717) is 0 Å². The van der Waals surface area contributed by atoms with Crippen molar-refractivity contribution in [3.63, 3.8) is 0 Å². The van der Waals surface area contributed by atoms with Crippen LogP contribution in [0.15, 0.2) is 0 Å². The Hall–Kier alpha value is -0.120. The summed E-state index contributed by atoms with van der Waals surface area (Å²) in [7, 11) is 0. The maximum Gasteiger partial charge on any atom is 0.0138 e. The number of piperidine rings is 1. The van der Waals surface area contributed by atoms with Gasteiger partial charge in [0.2, 0.25) is 0 Å². The van der Waals surface area contributed by atoms with E-state index >= 15 is 0 Å². The number of fused-ring (bicyclic) bond motifs is 1. The van der Waals surface area contributed by atoms with Crippen LogP contribution in [-0.4, -0.2) is 54.1 Å². The Kier molecular flexibility index (Phi) is 5.00. The Morgan fingerprint density at radius 1 is 1.05 bits per heavy atom. The van der Waals surface area contributed by atoms with E-state index in [4.69, 9.17) is 5.73 Å². The molecule has 4 unspecified atom stereocenters. The van der Waals surface area contributed by atoms with Crippen molar-refractivity contribution >= 4 is 0 Å². The third kappa shape index (κ3) is 2.90. The molecule has 2 heterocycles. The van der Waals surface area contributed by atoms with E-state index in [-0.39, 0.29) is 0 Å². The summed E-state index contributed by atoms with van der Waals surface area (Å²) in [6, 6.07) is 2.50. The Morgan fingerprint density at radius 3 is 2.70 bits per heavy atom. The van der Waals surface area contributed by atoms with Crippen LogP contribution >= 0.6 is 0 Å². The van der Waals surface area contributed by atoms with Crippen LogP contribution in [0.1, 0.15) is 58.3 Å². The standard InChI is InChI=1S/C17H33N3/c1-2-20(17-8-4-3-6-14(17)13-18)16-9-11-19-10-5-7-15(19)12-16/h14-17H,2-13,18H2,1H3. The molecule has 0 spiro atoms. The van der Waals surface area contributed by atoms with Gasteiger partial charge in [-0.15, -0.1) is 0 Å². The molecule has 0 amide bonds. The van der Waals surface area contributed by atoms with Crippen molar-refractivity contribution in [3.05, 3.63) is 0 Å². The van der Waals surface area contributed by atoms with Crippen LogP contribution in [0, 0.1) is 5.92 Å². The lowest BCUT2D eigenvalue weighted by Crippen LogP contribution is -2.54. The van der Waals surface area contributed by atoms with Crippen LogP contribution in [0.3, 0.4) is 0 Å². The second-order valence-corrected chi connectivity index (χ2v) is 7.19. The molecule has 0 aromatic rings. The van der Waals surface area contributed by atoms with Crippen LogP contribution in [0.5, 0.6) is 0 Å².